The minimum absolute atomic E-state index is 0.0513. The molecule has 0 aromatic heterocycles. The first kappa shape index (κ1) is 13.6. The Bertz CT molecular complexity index is 624. The molecule has 0 saturated heterocycles. The number of fused-ring (bicyclic) bond motifs is 2. The van der Waals surface area contributed by atoms with Crippen LogP contribution in [0.5, 0.6) is 0 Å². The first-order valence-electron chi connectivity index (χ1n) is 6.87. The minimum atomic E-state index is -3.68. The molecule has 0 spiro atoms. The fourth-order valence-electron chi connectivity index (χ4n) is 3.53. The lowest BCUT2D eigenvalue weighted by Gasteiger charge is -2.20. The second kappa shape index (κ2) is 4.86. The lowest BCUT2D eigenvalue weighted by molar-refractivity contribution is -0.121. The molecule has 1 aromatic carbocycles. The molecule has 0 heterocycles. The van der Waals surface area contributed by atoms with Crippen LogP contribution in [0.2, 0.25) is 0 Å². The zero-order chi connectivity index (χ0) is 14.3. The van der Waals surface area contributed by atoms with E-state index in [4.69, 9.17) is 5.14 Å². The second-order valence-corrected chi connectivity index (χ2v) is 7.40. The molecule has 2 aliphatic rings. The number of primary sulfonamides is 1. The lowest BCUT2D eigenvalue weighted by Crippen LogP contribution is -2.27. The number of nitrogens with one attached hydrogen (secondary N) is 1. The molecule has 2 bridgehead atoms. The Morgan fingerprint density at radius 3 is 2.35 bits per heavy atom. The number of hydrogen-bond donors (Lipinski definition) is 2. The first-order valence-corrected chi connectivity index (χ1v) is 8.42. The fraction of sp³-hybridized carbons (Fsp3) is 0.500. The zero-order valence-corrected chi connectivity index (χ0v) is 11.9. The Labute approximate surface area is 118 Å². The normalized spacial score (nSPS) is 28.6. The van der Waals surface area contributed by atoms with Gasteiger partial charge in [-0.1, -0.05) is 6.42 Å². The Balaban J connectivity index is 1.67. The maximum atomic E-state index is 12.2. The van der Waals surface area contributed by atoms with E-state index < -0.39 is 10.0 Å². The first-order chi connectivity index (χ1) is 9.43. The highest BCUT2D eigenvalue weighted by Gasteiger charge is 2.42. The van der Waals surface area contributed by atoms with E-state index in [0.29, 0.717) is 11.6 Å². The van der Waals surface area contributed by atoms with E-state index in [0.717, 1.165) is 18.8 Å². The number of carbonyl (C=O) groups is 1. The third-order valence-electron chi connectivity index (χ3n) is 4.53. The molecule has 5 nitrogen and oxygen atoms in total. The van der Waals surface area contributed by atoms with Crippen LogP contribution in [0, 0.1) is 17.8 Å². The predicted octanol–water partition coefficient (Wildman–Crippen LogP) is 1.71. The van der Waals surface area contributed by atoms with E-state index in [2.05, 4.69) is 5.32 Å². The van der Waals surface area contributed by atoms with Crippen LogP contribution in [0.15, 0.2) is 29.2 Å². The quantitative estimate of drug-likeness (QED) is 0.889. The van der Waals surface area contributed by atoms with Gasteiger partial charge in [-0.2, -0.15) is 0 Å². The van der Waals surface area contributed by atoms with Gasteiger partial charge >= 0.3 is 0 Å². The van der Waals surface area contributed by atoms with Crippen molar-refractivity contribution < 1.29 is 13.2 Å². The number of amides is 1. The van der Waals surface area contributed by atoms with E-state index in [9.17, 15) is 13.2 Å². The highest BCUT2D eigenvalue weighted by Crippen LogP contribution is 2.48. The molecule has 3 rings (SSSR count). The van der Waals surface area contributed by atoms with Crippen molar-refractivity contribution in [2.24, 2.45) is 22.9 Å². The standard InChI is InChI=1S/C14H18N2O3S/c15-20(18,19)12-5-3-11(4-6-12)16-14(17)13-8-9-1-2-10(13)7-9/h3-6,9-10,13H,1-2,7-8H2,(H,16,17)(H2,15,18,19)/t9-,10+,13-/m0/s1. The maximum absolute atomic E-state index is 12.2. The summed E-state index contributed by atoms with van der Waals surface area (Å²) in [4.78, 5) is 12.3. The minimum Gasteiger partial charge on any atom is -0.326 e. The molecule has 0 radical (unpaired) electrons. The van der Waals surface area contributed by atoms with E-state index in [1.165, 1.54) is 25.0 Å². The van der Waals surface area contributed by atoms with E-state index in [1.807, 2.05) is 0 Å². The van der Waals surface area contributed by atoms with Crippen molar-refractivity contribution in [2.45, 2.75) is 30.6 Å². The molecule has 6 heteroatoms. The number of anilines is 1. The average molecular weight is 294 g/mol. The number of benzene rings is 1. The van der Waals surface area contributed by atoms with Crippen molar-refractivity contribution in [3.8, 4) is 0 Å². The summed E-state index contributed by atoms with van der Waals surface area (Å²) in [7, 11) is -3.68. The largest absolute Gasteiger partial charge is 0.326 e. The number of carbonyl (C=O) groups excluding carboxylic acids is 1. The van der Waals surface area contributed by atoms with Crippen LogP contribution in [-0.2, 0) is 14.8 Å². The second-order valence-electron chi connectivity index (χ2n) is 5.84. The van der Waals surface area contributed by atoms with Crippen molar-refractivity contribution in [1.29, 1.82) is 0 Å². The number of rotatable bonds is 3. The van der Waals surface area contributed by atoms with E-state index in [1.54, 1.807) is 12.1 Å². The highest BCUT2D eigenvalue weighted by atomic mass is 32.2. The monoisotopic (exact) mass is 294 g/mol. The summed E-state index contributed by atoms with van der Waals surface area (Å²) >= 11 is 0. The lowest BCUT2D eigenvalue weighted by atomic mass is 9.88. The third-order valence-corrected chi connectivity index (χ3v) is 5.45. The topological polar surface area (TPSA) is 89.3 Å². The van der Waals surface area contributed by atoms with Crippen LogP contribution in [0.4, 0.5) is 5.69 Å². The smallest absolute Gasteiger partial charge is 0.238 e. The van der Waals surface area contributed by atoms with Crippen molar-refractivity contribution in [1.82, 2.24) is 0 Å². The molecule has 2 saturated carbocycles. The van der Waals surface area contributed by atoms with Crippen LogP contribution in [0.25, 0.3) is 0 Å². The summed E-state index contributed by atoms with van der Waals surface area (Å²) in [6.45, 7) is 0. The molecule has 3 atom stereocenters. The Hall–Kier alpha value is -1.40. The maximum Gasteiger partial charge on any atom is 0.238 e. The SMILES string of the molecule is NS(=O)(=O)c1ccc(NC(=O)[C@H]2C[C@H]3CC[C@@H]2C3)cc1. The van der Waals surface area contributed by atoms with Gasteiger partial charge in [-0.25, -0.2) is 13.6 Å². The summed E-state index contributed by atoms with van der Waals surface area (Å²) < 4.78 is 22.3. The third kappa shape index (κ3) is 2.58. The molecule has 2 fully saturated rings. The molecule has 3 N–H and O–H groups in total. The summed E-state index contributed by atoms with van der Waals surface area (Å²) in [6.07, 6.45) is 4.60. The molecule has 2 aliphatic carbocycles. The van der Waals surface area contributed by atoms with Crippen molar-refractivity contribution in [3.05, 3.63) is 24.3 Å². The van der Waals surface area contributed by atoms with Gasteiger partial charge in [-0.05, 0) is 55.4 Å². The number of hydrogen-bond acceptors (Lipinski definition) is 3. The Kier molecular flexibility index (Phi) is 3.30. The molecular formula is C14H18N2O3S. The molecule has 0 aliphatic heterocycles. The summed E-state index contributed by atoms with van der Waals surface area (Å²) in [6, 6.07) is 5.97. The Morgan fingerprint density at radius 2 is 1.85 bits per heavy atom. The van der Waals surface area contributed by atoms with E-state index >= 15 is 0 Å². The van der Waals surface area contributed by atoms with Crippen molar-refractivity contribution in [2.75, 3.05) is 5.32 Å². The highest BCUT2D eigenvalue weighted by molar-refractivity contribution is 7.89. The van der Waals surface area contributed by atoms with Gasteiger partial charge in [-0.15, -0.1) is 0 Å². The van der Waals surface area contributed by atoms with Crippen molar-refractivity contribution in [3.63, 3.8) is 0 Å². The molecule has 108 valence electrons. The zero-order valence-electron chi connectivity index (χ0n) is 11.1. The van der Waals surface area contributed by atoms with Gasteiger partial charge < -0.3 is 5.32 Å². The fourth-order valence-corrected chi connectivity index (χ4v) is 4.04. The van der Waals surface area contributed by atoms with Crippen LogP contribution in [0.1, 0.15) is 25.7 Å². The molecule has 1 aromatic rings. The van der Waals surface area contributed by atoms with Gasteiger partial charge in [-0.3, -0.25) is 4.79 Å². The Morgan fingerprint density at radius 1 is 1.15 bits per heavy atom. The average Bonchev–Trinajstić information content (AvgIpc) is 3.00. The number of nitrogens with two attached hydrogens (primary N) is 1. The van der Waals surface area contributed by atoms with Crippen LogP contribution >= 0.6 is 0 Å². The van der Waals surface area contributed by atoms with Crippen LogP contribution in [0.3, 0.4) is 0 Å². The summed E-state index contributed by atoms with van der Waals surface area (Å²) in [5.41, 5.74) is 0.616. The molecule has 0 unspecified atom stereocenters. The molecular weight excluding hydrogens is 276 g/mol. The molecule has 20 heavy (non-hydrogen) atoms. The van der Waals surface area contributed by atoms with Gasteiger partial charge in [0.1, 0.15) is 0 Å². The van der Waals surface area contributed by atoms with Gasteiger partial charge in [0, 0.05) is 11.6 Å². The van der Waals surface area contributed by atoms with E-state index in [-0.39, 0.29) is 16.7 Å². The van der Waals surface area contributed by atoms with Gasteiger partial charge in [0.25, 0.3) is 0 Å². The number of sulfonamides is 1. The molecule has 1 amide bonds. The summed E-state index contributed by atoms with van der Waals surface area (Å²) in [5, 5.41) is 7.91. The van der Waals surface area contributed by atoms with Gasteiger partial charge in [0.15, 0.2) is 0 Å². The van der Waals surface area contributed by atoms with Crippen LogP contribution in [-0.4, -0.2) is 14.3 Å². The summed E-state index contributed by atoms with van der Waals surface area (Å²) in [5.74, 6) is 1.43. The predicted molar refractivity (Wildman–Crippen MR) is 75.4 cm³/mol. The van der Waals surface area contributed by atoms with Gasteiger partial charge in [0.05, 0.1) is 4.90 Å². The van der Waals surface area contributed by atoms with Gasteiger partial charge in [0.2, 0.25) is 15.9 Å². The van der Waals surface area contributed by atoms with Crippen LogP contribution < -0.4 is 10.5 Å². The van der Waals surface area contributed by atoms with Crippen molar-refractivity contribution >= 4 is 21.6 Å².